The van der Waals surface area contributed by atoms with Gasteiger partial charge in [-0.2, -0.15) is 0 Å². The van der Waals surface area contributed by atoms with Crippen molar-refractivity contribution >= 4 is 20.1 Å². The van der Waals surface area contributed by atoms with E-state index in [1.165, 1.54) is 6.08 Å². The Labute approximate surface area is 152 Å². The first-order valence-electron chi connectivity index (χ1n) is 8.84. The van der Waals surface area contributed by atoms with Crippen LogP contribution in [0.15, 0.2) is 42.5 Å². The van der Waals surface area contributed by atoms with Gasteiger partial charge in [0.1, 0.15) is 0 Å². The van der Waals surface area contributed by atoms with Crippen LogP contribution < -0.4 is 5.32 Å². The SMILES string of the molecule is CC(C)(C)[Si](C)(C)OCCCC/C=C/C(=O)NC(=O)c1ccccc1. The van der Waals surface area contributed by atoms with Gasteiger partial charge in [0.2, 0.25) is 5.91 Å². The molecule has 25 heavy (non-hydrogen) atoms. The minimum absolute atomic E-state index is 0.232. The summed E-state index contributed by atoms with van der Waals surface area (Å²) in [7, 11) is -1.66. The third-order valence-corrected chi connectivity index (χ3v) is 9.11. The van der Waals surface area contributed by atoms with Gasteiger partial charge in [-0.1, -0.05) is 45.0 Å². The third kappa shape index (κ3) is 7.80. The summed E-state index contributed by atoms with van der Waals surface area (Å²) in [4.78, 5) is 23.5. The standard InChI is InChI=1S/C20H31NO3Si/c1-20(2,3)25(4,5)24-16-12-7-6-11-15-18(22)21-19(23)17-13-9-8-10-14-17/h8-11,13-15H,6-7,12,16H2,1-5H3,(H,21,22,23)/b15-11+. The Morgan fingerprint density at radius 2 is 1.76 bits per heavy atom. The van der Waals surface area contributed by atoms with E-state index in [0.29, 0.717) is 5.56 Å². The second-order valence-corrected chi connectivity index (χ2v) is 12.5. The molecule has 0 saturated carbocycles. The number of imide groups is 1. The smallest absolute Gasteiger partial charge is 0.258 e. The molecule has 0 aliphatic heterocycles. The van der Waals surface area contributed by atoms with Gasteiger partial charge in [-0.3, -0.25) is 14.9 Å². The summed E-state index contributed by atoms with van der Waals surface area (Å²) in [5.41, 5.74) is 0.479. The van der Waals surface area contributed by atoms with E-state index in [1.807, 2.05) is 6.07 Å². The van der Waals surface area contributed by atoms with Gasteiger partial charge in [-0.15, -0.1) is 0 Å². The Bertz CT molecular complexity index is 589. The lowest BCUT2D eigenvalue weighted by Gasteiger charge is -2.36. The molecule has 1 aromatic rings. The average molecular weight is 362 g/mol. The van der Waals surface area contributed by atoms with Gasteiger partial charge in [-0.25, -0.2) is 0 Å². The van der Waals surface area contributed by atoms with Crippen LogP contribution in [0.1, 0.15) is 50.4 Å². The Morgan fingerprint density at radius 1 is 1.12 bits per heavy atom. The van der Waals surface area contributed by atoms with Gasteiger partial charge in [0, 0.05) is 12.2 Å². The lowest BCUT2D eigenvalue weighted by atomic mass is 10.2. The fourth-order valence-electron chi connectivity index (χ4n) is 1.91. The molecule has 1 rings (SSSR count). The fraction of sp³-hybridized carbons (Fsp3) is 0.500. The van der Waals surface area contributed by atoms with E-state index in [4.69, 9.17) is 4.43 Å². The molecule has 0 bridgehead atoms. The van der Waals surface area contributed by atoms with Crippen LogP contribution in [0, 0.1) is 0 Å². The zero-order valence-electron chi connectivity index (χ0n) is 16.1. The molecule has 5 heteroatoms. The van der Waals surface area contributed by atoms with E-state index in [0.717, 1.165) is 25.9 Å². The summed E-state index contributed by atoms with van der Waals surface area (Å²) in [5, 5.41) is 2.58. The van der Waals surface area contributed by atoms with Crippen molar-refractivity contribution in [1.29, 1.82) is 0 Å². The van der Waals surface area contributed by atoms with Crippen molar-refractivity contribution in [3.8, 4) is 0 Å². The van der Waals surface area contributed by atoms with Crippen LogP contribution in [0.5, 0.6) is 0 Å². The van der Waals surface area contributed by atoms with Gasteiger partial charge >= 0.3 is 0 Å². The molecule has 1 N–H and O–H groups in total. The van der Waals surface area contributed by atoms with E-state index in [9.17, 15) is 9.59 Å². The van der Waals surface area contributed by atoms with Gasteiger partial charge in [0.05, 0.1) is 0 Å². The summed E-state index contributed by atoms with van der Waals surface area (Å²) in [5.74, 6) is -0.760. The predicted molar refractivity (Wildman–Crippen MR) is 105 cm³/mol. The van der Waals surface area contributed by atoms with Crippen molar-refractivity contribution in [3.05, 3.63) is 48.0 Å². The molecular weight excluding hydrogens is 330 g/mol. The highest BCUT2D eigenvalue weighted by Gasteiger charge is 2.36. The molecule has 4 nitrogen and oxygen atoms in total. The first-order valence-corrected chi connectivity index (χ1v) is 11.8. The molecular formula is C20H31NO3Si. The molecule has 0 aliphatic rings. The first-order chi connectivity index (χ1) is 11.6. The van der Waals surface area contributed by atoms with E-state index in [2.05, 4.69) is 39.2 Å². The Hall–Kier alpha value is -1.72. The van der Waals surface area contributed by atoms with Crippen molar-refractivity contribution in [3.63, 3.8) is 0 Å². The Balaban J connectivity index is 2.21. The zero-order chi connectivity index (χ0) is 18.9. The van der Waals surface area contributed by atoms with Crippen molar-refractivity contribution < 1.29 is 14.0 Å². The molecule has 0 spiro atoms. The average Bonchev–Trinajstić information content (AvgIpc) is 2.53. The van der Waals surface area contributed by atoms with E-state index < -0.39 is 8.32 Å². The molecule has 0 unspecified atom stereocenters. The molecule has 2 amide bonds. The number of rotatable bonds is 8. The number of benzene rings is 1. The number of carbonyl (C=O) groups excluding carboxylic acids is 2. The Morgan fingerprint density at radius 3 is 2.36 bits per heavy atom. The molecule has 0 aliphatic carbocycles. The summed E-state index contributed by atoms with van der Waals surface area (Å²) in [6, 6.07) is 8.71. The monoisotopic (exact) mass is 361 g/mol. The van der Waals surface area contributed by atoms with Gasteiger partial charge < -0.3 is 4.43 Å². The maximum absolute atomic E-state index is 11.8. The highest BCUT2D eigenvalue weighted by molar-refractivity contribution is 6.74. The van der Waals surface area contributed by atoms with Crippen LogP contribution in [0.4, 0.5) is 0 Å². The molecule has 0 aromatic heterocycles. The molecule has 0 radical (unpaired) electrons. The van der Waals surface area contributed by atoms with Gasteiger partial charge in [0.25, 0.3) is 5.91 Å². The topological polar surface area (TPSA) is 55.4 Å². The summed E-state index contributed by atoms with van der Waals surface area (Å²) in [6.45, 7) is 12.0. The summed E-state index contributed by atoms with van der Waals surface area (Å²) >= 11 is 0. The van der Waals surface area contributed by atoms with Gasteiger partial charge in [0.15, 0.2) is 8.32 Å². The first kappa shape index (κ1) is 21.3. The third-order valence-electron chi connectivity index (χ3n) is 4.58. The maximum Gasteiger partial charge on any atom is 0.258 e. The number of unbranched alkanes of at least 4 members (excludes halogenated alkanes) is 2. The van der Waals surface area contributed by atoms with Crippen LogP contribution in [0.25, 0.3) is 0 Å². The van der Waals surface area contributed by atoms with E-state index >= 15 is 0 Å². The van der Waals surface area contributed by atoms with E-state index in [-0.39, 0.29) is 16.9 Å². The number of carbonyl (C=O) groups is 2. The minimum Gasteiger partial charge on any atom is -0.417 e. The highest BCUT2D eigenvalue weighted by atomic mass is 28.4. The highest BCUT2D eigenvalue weighted by Crippen LogP contribution is 2.36. The Kier molecular flexibility index (Phi) is 8.26. The minimum atomic E-state index is -1.66. The normalized spacial score (nSPS) is 12.4. The lowest BCUT2D eigenvalue weighted by Crippen LogP contribution is -2.40. The molecule has 0 atom stereocenters. The van der Waals surface area contributed by atoms with Crippen LogP contribution in [0.2, 0.25) is 18.1 Å². The number of amides is 2. The van der Waals surface area contributed by atoms with Crippen molar-refractivity contribution in [1.82, 2.24) is 5.32 Å². The fourth-order valence-corrected chi connectivity index (χ4v) is 3.00. The van der Waals surface area contributed by atoms with Crippen molar-refractivity contribution in [2.24, 2.45) is 0 Å². The number of nitrogens with one attached hydrogen (secondary N) is 1. The summed E-state index contributed by atoms with van der Waals surface area (Å²) in [6.07, 6.45) is 5.97. The molecule has 138 valence electrons. The van der Waals surface area contributed by atoms with Crippen molar-refractivity contribution in [2.75, 3.05) is 6.61 Å². The lowest BCUT2D eigenvalue weighted by molar-refractivity contribution is -0.115. The van der Waals surface area contributed by atoms with Crippen LogP contribution in [0.3, 0.4) is 0 Å². The van der Waals surface area contributed by atoms with Crippen LogP contribution >= 0.6 is 0 Å². The van der Waals surface area contributed by atoms with Crippen LogP contribution in [-0.4, -0.2) is 26.7 Å². The maximum atomic E-state index is 11.8. The number of allylic oxidation sites excluding steroid dienone is 1. The van der Waals surface area contributed by atoms with Crippen LogP contribution in [-0.2, 0) is 9.22 Å². The molecule has 0 fully saturated rings. The second kappa shape index (κ2) is 9.68. The molecule has 0 heterocycles. The largest absolute Gasteiger partial charge is 0.417 e. The van der Waals surface area contributed by atoms with Crippen molar-refractivity contribution in [2.45, 2.75) is 58.2 Å². The quantitative estimate of drug-likeness (QED) is 0.415. The second-order valence-electron chi connectivity index (χ2n) is 7.69. The molecule has 0 saturated heterocycles. The number of hydrogen-bond acceptors (Lipinski definition) is 3. The summed E-state index contributed by atoms with van der Waals surface area (Å²) < 4.78 is 6.11. The van der Waals surface area contributed by atoms with E-state index in [1.54, 1.807) is 30.3 Å². The van der Waals surface area contributed by atoms with Gasteiger partial charge in [-0.05, 0) is 55.6 Å². The predicted octanol–water partition coefficient (Wildman–Crippen LogP) is 4.69. The molecule has 1 aromatic carbocycles. The number of hydrogen-bond donors (Lipinski definition) is 1. The zero-order valence-corrected chi connectivity index (χ0v) is 17.1.